The molecule has 2 aromatic rings. The van der Waals surface area contributed by atoms with Crippen LogP contribution in [0.25, 0.3) is 0 Å². The molecule has 21 heavy (non-hydrogen) atoms. The quantitative estimate of drug-likeness (QED) is 0.889. The van der Waals surface area contributed by atoms with Gasteiger partial charge in [0.25, 0.3) is 5.89 Å². The van der Waals surface area contributed by atoms with E-state index in [0.717, 1.165) is 22.3 Å². The molecule has 6 heteroatoms. The van der Waals surface area contributed by atoms with Gasteiger partial charge in [-0.3, -0.25) is 0 Å². The topological polar surface area (TPSA) is 60.2 Å². The highest BCUT2D eigenvalue weighted by atomic mass is 79.9. The van der Waals surface area contributed by atoms with Crippen LogP contribution in [0, 0.1) is 6.92 Å². The fraction of sp³-hybridized carbons (Fsp3) is 0.467. The van der Waals surface area contributed by atoms with Gasteiger partial charge in [0.15, 0.2) is 12.4 Å². The standard InChI is InChI=1S/C15H20BrN3O2/c1-10-18-14(21-19-10)9-20-12-5-6-13(16)11(7-12)8-17-15(2,3)4/h5-7,17H,8-9H2,1-4H3. The molecular formula is C15H20BrN3O2. The predicted octanol–water partition coefficient (Wildman–Crippen LogP) is 3.61. The monoisotopic (exact) mass is 353 g/mol. The van der Waals surface area contributed by atoms with Crippen molar-refractivity contribution in [3.05, 3.63) is 40.0 Å². The maximum absolute atomic E-state index is 5.69. The highest BCUT2D eigenvalue weighted by Crippen LogP contribution is 2.23. The number of hydrogen-bond acceptors (Lipinski definition) is 5. The van der Waals surface area contributed by atoms with Crippen molar-refractivity contribution in [2.45, 2.75) is 46.4 Å². The molecule has 0 aliphatic rings. The van der Waals surface area contributed by atoms with Crippen molar-refractivity contribution >= 4 is 15.9 Å². The zero-order valence-corrected chi connectivity index (χ0v) is 14.3. The van der Waals surface area contributed by atoms with Gasteiger partial charge in [0.2, 0.25) is 0 Å². The number of nitrogens with one attached hydrogen (secondary N) is 1. The highest BCUT2D eigenvalue weighted by Gasteiger charge is 2.11. The van der Waals surface area contributed by atoms with E-state index in [-0.39, 0.29) is 12.1 Å². The third kappa shape index (κ3) is 5.13. The zero-order chi connectivity index (χ0) is 15.5. The zero-order valence-electron chi connectivity index (χ0n) is 12.7. The van der Waals surface area contributed by atoms with Crippen molar-refractivity contribution < 1.29 is 9.26 Å². The molecule has 0 spiro atoms. The Bertz CT molecular complexity index is 605. The van der Waals surface area contributed by atoms with E-state index < -0.39 is 0 Å². The van der Waals surface area contributed by atoms with Gasteiger partial charge in [-0.25, -0.2) is 0 Å². The Morgan fingerprint density at radius 2 is 2.10 bits per heavy atom. The van der Waals surface area contributed by atoms with Crippen molar-refractivity contribution in [3.63, 3.8) is 0 Å². The smallest absolute Gasteiger partial charge is 0.264 e. The molecule has 0 aliphatic carbocycles. The van der Waals surface area contributed by atoms with Crippen LogP contribution in [0.2, 0.25) is 0 Å². The van der Waals surface area contributed by atoms with Crippen LogP contribution in [0.15, 0.2) is 27.2 Å². The molecule has 0 atom stereocenters. The van der Waals surface area contributed by atoms with E-state index in [4.69, 9.17) is 9.26 Å². The second-order valence-corrected chi connectivity index (χ2v) is 6.74. The second kappa shape index (κ2) is 6.58. The third-order valence-corrected chi connectivity index (χ3v) is 3.53. The molecule has 2 rings (SSSR count). The minimum atomic E-state index is 0.0671. The molecule has 0 radical (unpaired) electrons. The van der Waals surface area contributed by atoms with Crippen LogP contribution in [-0.2, 0) is 13.2 Å². The molecule has 1 heterocycles. The molecular weight excluding hydrogens is 334 g/mol. The van der Waals surface area contributed by atoms with Gasteiger partial charge < -0.3 is 14.6 Å². The van der Waals surface area contributed by atoms with Crippen LogP contribution in [0.3, 0.4) is 0 Å². The molecule has 1 aromatic heterocycles. The Morgan fingerprint density at radius 1 is 1.33 bits per heavy atom. The third-order valence-electron chi connectivity index (χ3n) is 2.76. The van der Waals surface area contributed by atoms with Crippen molar-refractivity contribution in [1.29, 1.82) is 0 Å². The summed E-state index contributed by atoms with van der Waals surface area (Å²) in [5.41, 5.74) is 1.21. The lowest BCUT2D eigenvalue weighted by Gasteiger charge is -2.21. The summed E-state index contributed by atoms with van der Waals surface area (Å²) >= 11 is 3.56. The van der Waals surface area contributed by atoms with Crippen LogP contribution in [0.1, 0.15) is 38.0 Å². The first-order chi connectivity index (χ1) is 9.83. The summed E-state index contributed by atoms with van der Waals surface area (Å²) in [6.45, 7) is 9.23. The van der Waals surface area contributed by atoms with Gasteiger partial charge >= 0.3 is 0 Å². The molecule has 0 unspecified atom stereocenters. The first kappa shape index (κ1) is 16.0. The molecule has 0 amide bonds. The number of aromatic nitrogens is 2. The van der Waals surface area contributed by atoms with Crippen molar-refractivity contribution in [2.75, 3.05) is 0 Å². The van der Waals surface area contributed by atoms with E-state index in [1.165, 1.54) is 0 Å². The summed E-state index contributed by atoms with van der Waals surface area (Å²) in [5, 5.41) is 7.19. The summed E-state index contributed by atoms with van der Waals surface area (Å²) in [4.78, 5) is 4.11. The summed E-state index contributed by atoms with van der Waals surface area (Å²) in [5.74, 6) is 1.86. The molecule has 0 aliphatic heterocycles. The van der Waals surface area contributed by atoms with Crippen LogP contribution in [-0.4, -0.2) is 15.7 Å². The lowest BCUT2D eigenvalue weighted by Crippen LogP contribution is -2.35. The van der Waals surface area contributed by atoms with Crippen LogP contribution in [0.4, 0.5) is 0 Å². The van der Waals surface area contributed by atoms with Gasteiger partial charge in [0.05, 0.1) is 0 Å². The Hall–Kier alpha value is -1.40. The summed E-state index contributed by atoms with van der Waals surface area (Å²) < 4.78 is 11.8. The molecule has 1 N–H and O–H groups in total. The Balaban J connectivity index is 2.00. The lowest BCUT2D eigenvalue weighted by atomic mass is 10.1. The maximum atomic E-state index is 5.69. The normalized spacial score (nSPS) is 11.7. The van der Waals surface area contributed by atoms with Gasteiger partial charge in [0, 0.05) is 16.6 Å². The lowest BCUT2D eigenvalue weighted by molar-refractivity contribution is 0.242. The van der Waals surface area contributed by atoms with Crippen LogP contribution in [0.5, 0.6) is 5.75 Å². The summed E-state index contributed by atoms with van der Waals surface area (Å²) in [6.07, 6.45) is 0. The fourth-order valence-corrected chi connectivity index (χ4v) is 2.07. The van der Waals surface area contributed by atoms with E-state index in [2.05, 4.69) is 52.2 Å². The van der Waals surface area contributed by atoms with E-state index >= 15 is 0 Å². The van der Waals surface area contributed by atoms with Crippen molar-refractivity contribution in [2.24, 2.45) is 0 Å². The molecule has 0 saturated carbocycles. The maximum Gasteiger partial charge on any atom is 0.264 e. The fourth-order valence-electron chi connectivity index (χ4n) is 1.68. The van der Waals surface area contributed by atoms with E-state index in [1.54, 1.807) is 6.92 Å². The number of hydrogen-bond donors (Lipinski definition) is 1. The molecule has 0 saturated heterocycles. The average Bonchev–Trinajstić information content (AvgIpc) is 2.81. The molecule has 5 nitrogen and oxygen atoms in total. The van der Waals surface area contributed by atoms with Crippen LogP contribution < -0.4 is 10.1 Å². The number of ether oxygens (including phenoxy) is 1. The van der Waals surface area contributed by atoms with Crippen LogP contribution >= 0.6 is 15.9 Å². The first-order valence-electron chi connectivity index (χ1n) is 6.79. The van der Waals surface area contributed by atoms with E-state index in [0.29, 0.717) is 11.7 Å². The Morgan fingerprint density at radius 3 is 2.71 bits per heavy atom. The SMILES string of the molecule is Cc1noc(COc2ccc(Br)c(CNC(C)(C)C)c2)n1. The van der Waals surface area contributed by atoms with Crippen molar-refractivity contribution in [1.82, 2.24) is 15.5 Å². The minimum absolute atomic E-state index is 0.0671. The highest BCUT2D eigenvalue weighted by molar-refractivity contribution is 9.10. The predicted molar refractivity (Wildman–Crippen MR) is 84.1 cm³/mol. The average molecular weight is 354 g/mol. The number of nitrogens with zero attached hydrogens (tertiary/aromatic N) is 2. The molecule has 0 bridgehead atoms. The van der Waals surface area contributed by atoms with Gasteiger partial charge in [-0.15, -0.1) is 0 Å². The van der Waals surface area contributed by atoms with Gasteiger partial charge in [-0.1, -0.05) is 21.1 Å². The molecule has 0 fully saturated rings. The first-order valence-corrected chi connectivity index (χ1v) is 7.58. The number of halogens is 1. The van der Waals surface area contributed by atoms with Crippen molar-refractivity contribution in [3.8, 4) is 5.75 Å². The summed E-state index contributed by atoms with van der Waals surface area (Å²) in [6, 6.07) is 5.90. The van der Waals surface area contributed by atoms with Gasteiger partial charge in [-0.2, -0.15) is 4.98 Å². The largest absolute Gasteiger partial charge is 0.484 e. The van der Waals surface area contributed by atoms with Gasteiger partial charge in [0.1, 0.15) is 5.75 Å². The summed E-state index contributed by atoms with van der Waals surface area (Å²) in [7, 11) is 0. The van der Waals surface area contributed by atoms with Gasteiger partial charge in [-0.05, 0) is 51.5 Å². The Kier molecular flexibility index (Phi) is 5.00. The molecule has 114 valence electrons. The molecule has 1 aromatic carbocycles. The Labute approximate surface area is 133 Å². The van der Waals surface area contributed by atoms with E-state index in [1.807, 2.05) is 18.2 Å². The number of aryl methyl sites for hydroxylation is 1. The van der Waals surface area contributed by atoms with E-state index in [9.17, 15) is 0 Å². The minimum Gasteiger partial charge on any atom is -0.484 e. The second-order valence-electron chi connectivity index (χ2n) is 5.88. The number of rotatable bonds is 5. The number of benzene rings is 1.